The number of aromatic amines is 1. The Kier molecular flexibility index (Phi) is 4.27. The summed E-state index contributed by atoms with van der Waals surface area (Å²) in [6, 6.07) is 10.3. The van der Waals surface area contributed by atoms with E-state index in [4.69, 9.17) is 16.3 Å². The van der Waals surface area contributed by atoms with Gasteiger partial charge in [0.05, 0.1) is 7.11 Å². The van der Waals surface area contributed by atoms with Crippen molar-refractivity contribution >= 4 is 34.1 Å². The second-order valence-corrected chi connectivity index (χ2v) is 5.72. The van der Waals surface area contributed by atoms with E-state index in [2.05, 4.69) is 10.3 Å². The highest BCUT2D eigenvalue weighted by Gasteiger charge is 2.15. The van der Waals surface area contributed by atoms with Crippen LogP contribution in [0.4, 0.5) is 5.69 Å². The van der Waals surface area contributed by atoms with Crippen LogP contribution in [0.15, 0.2) is 47.4 Å². The largest absolute Gasteiger partial charge is 0.497 e. The molecule has 1 aromatic heterocycles. The molecule has 0 aliphatic heterocycles. The fourth-order valence-electron chi connectivity index (χ4n) is 2.43. The summed E-state index contributed by atoms with van der Waals surface area (Å²) >= 11 is 6.05. The molecule has 6 heteroatoms. The molecule has 0 aliphatic carbocycles. The number of pyridine rings is 1. The molecule has 3 rings (SSSR count). The quantitative estimate of drug-likeness (QED) is 0.761. The maximum Gasteiger partial charge on any atom is 0.261 e. The zero-order valence-corrected chi connectivity index (χ0v) is 13.9. The number of aromatic nitrogens is 1. The molecular formula is C18H15ClN2O3. The van der Waals surface area contributed by atoms with Crippen LogP contribution in [0.25, 0.3) is 10.9 Å². The number of carbonyl (C=O) groups excluding carboxylic acids is 1. The van der Waals surface area contributed by atoms with E-state index < -0.39 is 5.91 Å². The molecule has 5 nitrogen and oxygen atoms in total. The predicted molar refractivity (Wildman–Crippen MR) is 95.3 cm³/mol. The number of rotatable bonds is 3. The first-order valence-electron chi connectivity index (χ1n) is 7.27. The molecule has 0 radical (unpaired) electrons. The Morgan fingerprint density at radius 2 is 2.04 bits per heavy atom. The van der Waals surface area contributed by atoms with Crippen LogP contribution in [0.1, 0.15) is 15.9 Å². The summed E-state index contributed by atoms with van der Waals surface area (Å²) in [6.45, 7) is 1.80. The van der Waals surface area contributed by atoms with Crippen LogP contribution in [0.3, 0.4) is 0 Å². The molecule has 2 N–H and O–H groups in total. The van der Waals surface area contributed by atoms with Crippen LogP contribution in [0.2, 0.25) is 5.02 Å². The van der Waals surface area contributed by atoms with E-state index in [1.54, 1.807) is 43.3 Å². The molecule has 0 saturated heterocycles. The van der Waals surface area contributed by atoms with E-state index in [-0.39, 0.29) is 11.0 Å². The van der Waals surface area contributed by atoms with Crippen molar-refractivity contribution in [1.82, 2.24) is 4.98 Å². The number of anilines is 1. The van der Waals surface area contributed by atoms with Crippen molar-refractivity contribution in [2.45, 2.75) is 6.92 Å². The lowest BCUT2D eigenvalue weighted by Crippen LogP contribution is -2.22. The number of ether oxygens (including phenoxy) is 1. The van der Waals surface area contributed by atoms with Gasteiger partial charge in [0.15, 0.2) is 0 Å². The molecule has 0 unspecified atom stereocenters. The van der Waals surface area contributed by atoms with Crippen LogP contribution in [-0.2, 0) is 0 Å². The summed E-state index contributed by atoms with van der Waals surface area (Å²) in [5.41, 5.74) is 1.61. The first-order chi connectivity index (χ1) is 11.5. The monoisotopic (exact) mass is 342 g/mol. The number of benzene rings is 2. The normalized spacial score (nSPS) is 10.6. The lowest BCUT2D eigenvalue weighted by atomic mass is 10.1. The van der Waals surface area contributed by atoms with Gasteiger partial charge in [0.1, 0.15) is 11.3 Å². The zero-order chi connectivity index (χ0) is 17.3. The molecule has 0 fully saturated rings. The summed E-state index contributed by atoms with van der Waals surface area (Å²) in [4.78, 5) is 28.1. The molecule has 2 aromatic carbocycles. The van der Waals surface area contributed by atoms with Crippen molar-refractivity contribution in [3.63, 3.8) is 0 Å². The minimum atomic E-state index is -0.494. The number of halogens is 1. The van der Waals surface area contributed by atoms with Gasteiger partial charge in [0, 0.05) is 27.8 Å². The maximum atomic E-state index is 12.6. The van der Waals surface area contributed by atoms with Crippen LogP contribution >= 0.6 is 11.6 Å². The molecule has 0 spiro atoms. The highest BCUT2D eigenvalue weighted by molar-refractivity contribution is 6.31. The van der Waals surface area contributed by atoms with Gasteiger partial charge in [0.25, 0.3) is 5.91 Å². The standard InChI is InChI=1S/C18H15ClN2O3/c1-10-14(19)4-3-5-15(10)21-18(23)13-9-20-16-7-6-11(24-2)8-12(16)17(13)22/h3-9H,1-2H3,(H,20,22)(H,21,23). The van der Waals surface area contributed by atoms with Gasteiger partial charge in [-0.1, -0.05) is 17.7 Å². The molecule has 24 heavy (non-hydrogen) atoms. The Morgan fingerprint density at radius 1 is 1.25 bits per heavy atom. The van der Waals surface area contributed by atoms with Crippen LogP contribution in [0.5, 0.6) is 5.75 Å². The van der Waals surface area contributed by atoms with Crippen molar-refractivity contribution in [1.29, 1.82) is 0 Å². The van der Waals surface area contributed by atoms with E-state index >= 15 is 0 Å². The second-order valence-electron chi connectivity index (χ2n) is 5.31. The minimum absolute atomic E-state index is 0.0233. The first kappa shape index (κ1) is 16.1. The summed E-state index contributed by atoms with van der Waals surface area (Å²) in [6.07, 6.45) is 1.41. The van der Waals surface area contributed by atoms with Crippen molar-refractivity contribution in [3.8, 4) is 5.75 Å². The topological polar surface area (TPSA) is 71.2 Å². The summed E-state index contributed by atoms with van der Waals surface area (Å²) in [5.74, 6) is 0.0579. The third-order valence-corrected chi connectivity index (χ3v) is 4.26. The molecule has 0 atom stereocenters. The number of H-pyrrole nitrogens is 1. The molecule has 122 valence electrons. The van der Waals surface area contributed by atoms with E-state index in [9.17, 15) is 9.59 Å². The fourth-order valence-corrected chi connectivity index (χ4v) is 2.60. The summed E-state index contributed by atoms with van der Waals surface area (Å²) < 4.78 is 5.13. The van der Waals surface area contributed by atoms with Gasteiger partial charge >= 0.3 is 0 Å². The molecule has 0 bridgehead atoms. The van der Waals surface area contributed by atoms with Gasteiger partial charge in [-0.25, -0.2) is 0 Å². The molecule has 0 aliphatic rings. The Morgan fingerprint density at radius 3 is 2.79 bits per heavy atom. The SMILES string of the molecule is COc1ccc2[nH]cc(C(=O)Nc3cccc(Cl)c3C)c(=O)c2c1. The number of hydrogen-bond acceptors (Lipinski definition) is 3. The van der Waals surface area contributed by atoms with Crippen LogP contribution in [0, 0.1) is 6.92 Å². The molecule has 1 heterocycles. The number of carbonyl (C=O) groups is 1. The van der Waals surface area contributed by atoms with Gasteiger partial charge in [0.2, 0.25) is 5.43 Å². The summed E-state index contributed by atoms with van der Waals surface area (Å²) in [5, 5.41) is 3.67. The minimum Gasteiger partial charge on any atom is -0.497 e. The predicted octanol–water partition coefficient (Wildman–Crippen LogP) is 3.75. The smallest absolute Gasteiger partial charge is 0.261 e. The molecular weight excluding hydrogens is 328 g/mol. The number of hydrogen-bond donors (Lipinski definition) is 2. The lowest BCUT2D eigenvalue weighted by Gasteiger charge is -2.10. The maximum absolute atomic E-state index is 12.6. The van der Waals surface area contributed by atoms with Crippen molar-refractivity contribution in [2.75, 3.05) is 12.4 Å². The van der Waals surface area contributed by atoms with Crippen LogP contribution in [-0.4, -0.2) is 18.0 Å². The Hall–Kier alpha value is -2.79. The van der Waals surface area contributed by atoms with E-state index in [1.165, 1.54) is 13.3 Å². The van der Waals surface area contributed by atoms with Gasteiger partial charge in [-0.15, -0.1) is 0 Å². The Bertz CT molecular complexity index is 995. The highest BCUT2D eigenvalue weighted by atomic mass is 35.5. The highest BCUT2D eigenvalue weighted by Crippen LogP contribution is 2.23. The number of nitrogens with one attached hydrogen (secondary N) is 2. The Balaban J connectivity index is 2.02. The van der Waals surface area contributed by atoms with E-state index in [0.29, 0.717) is 27.4 Å². The van der Waals surface area contributed by atoms with Crippen LogP contribution < -0.4 is 15.5 Å². The van der Waals surface area contributed by atoms with Crippen molar-refractivity contribution in [2.24, 2.45) is 0 Å². The van der Waals surface area contributed by atoms with Crippen molar-refractivity contribution < 1.29 is 9.53 Å². The molecule has 1 amide bonds. The molecule has 0 saturated carbocycles. The first-order valence-corrected chi connectivity index (χ1v) is 7.65. The average molecular weight is 343 g/mol. The number of methoxy groups -OCH3 is 1. The summed E-state index contributed by atoms with van der Waals surface area (Å²) in [7, 11) is 1.52. The van der Waals surface area contributed by atoms with E-state index in [0.717, 1.165) is 5.56 Å². The molecule has 3 aromatic rings. The van der Waals surface area contributed by atoms with E-state index in [1.807, 2.05) is 0 Å². The second kappa shape index (κ2) is 6.37. The van der Waals surface area contributed by atoms with Crippen molar-refractivity contribution in [3.05, 3.63) is 69.0 Å². The fraction of sp³-hybridized carbons (Fsp3) is 0.111. The Labute approximate surface area is 143 Å². The third-order valence-electron chi connectivity index (χ3n) is 3.85. The zero-order valence-electron chi connectivity index (χ0n) is 13.1. The number of amides is 1. The average Bonchev–Trinajstić information content (AvgIpc) is 2.59. The number of fused-ring (bicyclic) bond motifs is 1. The third kappa shape index (κ3) is 2.86. The van der Waals surface area contributed by atoms with Gasteiger partial charge in [-0.05, 0) is 42.8 Å². The van der Waals surface area contributed by atoms with Gasteiger partial charge in [-0.3, -0.25) is 9.59 Å². The lowest BCUT2D eigenvalue weighted by molar-refractivity contribution is 0.102. The van der Waals surface area contributed by atoms with Gasteiger partial charge in [-0.2, -0.15) is 0 Å². The van der Waals surface area contributed by atoms with Gasteiger partial charge < -0.3 is 15.0 Å².